The Morgan fingerprint density at radius 3 is 2.84 bits per heavy atom. The van der Waals surface area contributed by atoms with Gasteiger partial charge in [0.05, 0.1) is 12.1 Å². The molecule has 1 aliphatic heterocycles. The van der Waals surface area contributed by atoms with Crippen molar-refractivity contribution in [1.29, 1.82) is 0 Å². The van der Waals surface area contributed by atoms with Crippen molar-refractivity contribution < 1.29 is 14.3 Å². The van der Waals surface area contributed by atoms with E-state index in [0.29, 0.717) is 13.0 Å². The van der Waals surface area contributed by atoms with Crippen LogP contribution >= 0.6 is 0 Å². The maximum Gasteiger partial charge on any atom is 0.248 e. The lowest BCUT2D eigenvalue weighted by molar-refractivity contribution is -0.141. The van der Waals surface area contributed by atoms with E-state index < -0.39 is 12.1 Å². The van der Waals surface area contributed by atoms with Crippen LogP contribution < -0.4 is 10.6 Å². The van der Waals surface area contributed by atoms with E-state index in [1.54, 1.807) is 20.4 Å². The van der Waals surface area contributed by atoms with Crippen molar-refractivity contribution in [3.8, 4) is 0 Å². The Hall–Kier alpha value is -2.45. The highest BCUT2D eigenvalue weighted by molar-refractivity contribution is 5.90. The van der Waals surface area contributed by atoms with Crippen molar-refractivity contribution in [2.45, 2.75) is 63.8 Å². The van der Waals surface area contributed by atoms with Gasteiger partial charge in [0.2, 0.25) is 11.8 Å². The average Bonchev–Trinajstić information content (AvgIpc) is 3.37. The lowest BCUT2D eigenvalue weighted by Gasteiger charge is -2.32. The summed E-state index contributed by atoms with van der Waals surface area (Å²) < 4.78 is 7.49. The summed E-state index contributed by atoms with van der Waals surface area (Å²) in [5.41, 5.74) is 2.14. The van der Waals surface area contributed by atoms with Crippen molar-refractivity contribution in [3.05, 3.63) is 30.1 Å². The fourth-order valence-electron chi connectivity index (χ4n) is 4.52. The lowest BCUT2D eigenvalue weighted by Crippen LogP contribution is -2.58. The van der Waals surface area contributed by atoms with Gasteiger partial charge in [0.25, 0.3) is 0 Å². The minimum atomic E-state index is -0.713. The molecule has 2 N–H and O–H groups in total. The molecule has 0 aliphatic carbocycles. The molecule has 4 atom stereocenters. The number of nitrogens with one attached hydrogen (secondary N) is 2. The number of rotatable bonds is 9. The molecule has 170 valence electrons. The third-order valence-corrected chi connectivity index (χ3v) is 6.41. The Labute approximate surface area is 184 Å². The van der Waals surface area contributed by atoms with E-state index >= 15 is 0 Å². The normalized spacial score (nSPS) is 19.4. The minimum absolute atomic E-state index is 0.0745. The number of hydrogen-bond acceptors (Lipinski definition) is 5. The topological polar surface area (TPSA) is 88.5 Å². The molecule has 2 aromatic heterocycles. The molecule has 31 heavy (non-hydrogen) atoms. The summed E-state index contributed by atoms with van der Waals surface area (Å²) in [4.78, 5) is 32.6. The van der Waals surface area contributed by atoms with Gasteiger partial charge < -0.3 is 24.8 Å². The number of nitrogens with zero attached hydrogens (tertiary/aromatic N) is 3. The summed E-state index contributed by atoms with van der Waals surface area (Å²) in [5, 5.41) is 7.05. The Balaban J connectivity index is 1.79. The highest BCUT2D eigenvalue weighted by Crippen LogP contribution is 2.27. The summed E-state index contributed by atoms with van der Waals surface area (Å²) in [6.45, 7) is 4.45. The highest BCUT2D eigenvalue weighted by atomic mass is 16.5. The second kappa shape index (κ2) is 10.2. The summed E-state index contributed by atoms with van der Waals surface area (Å²) in [5.74, 6) is -0.252. The molecule has 0 radical (unpaired) electrons. The molecule has 1 unspecified atom stereocenters. The van der Waals surface area contributed by atoms with Gasteiger partial charge in [0.15, 0.2) is 0 Å². The fourth-order valence-corrected chi connectivity index (χ4v) is 4.52. The molecule has 8 heteroatoms. The van der Waals surface area contributed by atoms with Crippen LogP contribution in [0.4, 0.5) is 0 Å². The number of carbonyl (C=O) groups excluding carboxylic acids is 2. The van der Waals surface area contributed by atoms with E-state index in [-0.39, 0.29) is 23.9 Å². The average molecular weight is 430 g/mol. The zero-order valence-electron chi connectivity index (χ0n) is 19.2. The molecule has 1 saturated heterocycles. The number of likely N-dealkylation sites (tertiary alicyclic amines) is 1. The molecule has 2 aromatic rings. The zero-order valence-corrected chi connectivity index (χ0v) is 19.2. The number of fused-ring (bicyclic) bond motifs is 1. The van der Waals surface area contributed by atoms with Gasteiger partial charge >= 0.3 is 0 Å². The first kappa shape index (κ1) is 23.2. The monoisotopic (exact) mass is 429 g/mol. The predicted molar refractivity (Wildman–Crippen MR) is 121 cm³/mol. The van der Waals surface area contributed by atoms with Crippen LogP contribution in [0.1, 0.15) is 38.7 Å². The quantitative estimate of drug-likeness (QED) is 0.633. The molecular weight excluding hydrogens is 394 g/mol. The molecule has 8 nitrogen and oxygen atoms in total. The standard InChI is InChI=1S/C23H35N5O3/c1-6-19(24-3)22(29)26-20(15(2)31-5)23(30)28-12-8-9-17(28)13-16-14-27(4)21-18(16)10-7-11-25-21/h7,10-11,14-15,17,19-20,24H,6,8-9,12-13H2,1-5H3,(H,26,29)/t15?,17-,19+,20+/m1/s1. The molecule has 0 saturated carbocycles. The SMILES string of the molecule is CC[C@H](NC)C(=O)N[C@H](C(=O)N1CCC[C@@H]1Cc1cn(C)c2ncccc12)C(C)OC. The summed E-state index contributed by atoms with van der Waals surface area (Å²) in [6.07, 6.45) is 6.79. The van der Waals surface area contributed by atoms with Crippen molar-refractivity contribution in [1.82, 2.24) is 25.1 Å². The van der Waals surface area contributed by atoms with Gasteiger partial charge in [-0.1, -0.05) is 6.92 Å². The molecule has 0 bridgehead atoms. The maximum atomic E-state index is 13.5. The number of methoxy groups -OCH3 is 1. The fraction of sp³-hybridized carbons (Fsp3) is 0.609. The van der Waals surface area contributed by atoms with Crippen LogP contribution in [0, 0.1) is 0 Å². The van der Waals surface area contributed by atoms with Gasteiger partial charge in [-0.2, -0.15) is 0 Å². The van der Waals surface area contributed by atoms with E-state index in [2.05, 4.69) is 27.9 Å². The Kier molecular flexibility index (Phi) is 7.67. The van der Waals surface area contributed by atoms with Gasteiger partial charge in [-0.25, -0.2) is 4.98 Å². The van der Waals surface area contributed by atoms with Gasteiger partial charge in [0, 0.05) is 44.5 Å². The van der Waals surface area contributed by atoms with Crippen LogP contribution in [-0.2, 0) is 27.8 Å². The second-order valence-electron chi connectivity index (χ2n) is 8.35. The largest absolute Gasteiger partial charge is 0.379 e. The third-order valence-electron chi connectivity index (χ3n) is 6.41. The molecule has 2 amide bonds. The molecular formula is C23H35N5O3. The number of aryl methyl sites for hydroxylation is 1. The van der Waals surface area contributed by atoms with Crippen molar-refractivity contribution in [2.75, 3.05) is 20.7 Å². The van der Waals surface area contributed by atoms with Crippen LogP contribution in [0.5, 0.6) is 0 Å². The number of likely N-dealkylation sites (N-methyl/N-ethyl adjacent to an activating group) is 1. The van der Waals surface area contributed by atoms with Crippen molar-refractivity contribution >= 4 is 22.8 Å². The van der Waals surface area contributed by atoms with E-state index in [4.69, 9.17) is 4.74 Å². The van der Waals surface area contributed by atoms with Gasteiger partial charge in [-0.3, -0.25) is 9.59 Å². The first-order chi connectivity index (χ1) is 14.9. The number of pyridine rings is 1. The van der Waals surface area contributed by atoms with E-state index in [1.807, 2.05) is 36.4 Å². The number of aromatic nitrogens is 2. The zero-order chi connectivity index (χ0) is 22.5. The van der Waals surface area contributed by atoms with Crippen LogP contribution in [0.15, 0.2) is 24.5 Å². The Morgan fingerprint density at radius 2 is 2.16 bits per heavy atom. The van der Waals surface area contributed by atoms with Crippen LogP contribution in [0.25, 0.3) is 11.0 Å². The van der Waals surface area contributed by atoms with Crippen molar-refractivity contribution in [3.63, 3.8) is 0 Å². The lowest BCUT2D eigenvalue weighted by atomic mass is 10.0. The summed E-state index contributed by atoms with van der Waals surface area (Å²) >= 11 is 0. The van der Waals surface area contributed by atoms with Crippen LogP contribution in [-0.4, -0.2) is 71.2 Å². The summed E-state index contributed by atoms with van der Waals surface area (Å²) in [6, 6.07) is 3.07. The van der Waals surface area contributed by atoms with E-state index in [1.165, 1.54) is 5.56 Å². The molecule has 1 fully saturated rings. The van der Waals surface area contributed by atoms with Gasteiger partial charge in [-0.05, 0) is 57.4 Å². The molecule has 0 aromatic carbocycles. The van der Waals surface area contributed by atoms with Crippen molar-refractivity contribution in [2.24, 2.45) is 7.05 Å². The minimum Gasteiger partial charge on any atom is -0.379 e. The molecule has 3 rings (SSSR count). The molecule has 1 aliphatic rings. The van der Waals surface area contributed by atoms with Gasteiger partial charge in [0.1, 0.15) is 11.7 Å². The number of ether oxygens (including phenoxy) is 1. The Morgan fingerprint density at radius 1 is 1.39 bits per heavy atom. The smallest absolute Gasteiger partial charge is 0.248 e. The van der Waals surface area contributed by atoms with Gasteiger partial charge in [-0.15, -0.1) is 0 Å². The van der Waals surface area contributed by atoms with Crippen LogP contribution in [0.3, 0.4) is 0 Å². The first-order valence-corrected chi connectivity index (χ1v) is 11.1. The first-order valence-electron chi connectivity index (χ1n) is 11.1. The van der Waals surface area contributed by atoms with Crippen LogP contribution in [0.2, 0.25) is 0 Å². The summed E-state index contributed by atoms with van der Waals surface area (Å²) in [7, 11) is 5.31. The van der Waals surface area contributed by atoms with E-state index in [0.717, 1.165) is 30.3 Å². The number of carbonyl (C=O) groups is 2. The molecule has 3 heterocycles. The highest BCUT2D eigenvalue weighted by Gasteiger charge is 2.37. The molecule has 0 spiro atoms. The number of amides is 2. The van der Waals surface area contributed by atoms with E-state index in [9.17, 15) is 9.59 Å². The third kappa shape index (κ3) is 4.91. The number of hydrogen-bond donors (Lipinski definition) is 2. The predicted octanol–water partition coefficient (Wildman–Crippen LogP) is 1.62. The maximum absolute atomic E-state index is 13.5. The second-order valence-corrected chi connectivity index (χ2v) is 8.35. The Bertz CT molecular complexity index is 908.